The molecule has 0 amide bonds. The zero-order valence-corrected chi connectivity index (χ0v) is 22.9. The molecule has 0 radical (unpaired) electrons. The fourth-order valence-electron chi connectivity index (χ4n) is 5.38. The van der Waals surface area contributed by atoms with Gasteiger partial charge in [-0.1, -0.05) is 23.2 Å². The normalized spacial score (nSPS) is 18.8. The molecule has 8 nitrogen and oxygen atoms in total. The van der Waals surface area contributed by atoms with Crippen LogP contribution in [0, 0.1) is 0 Å². The number of piperidine rings is 2. The molecule has 2 aromatic carbocycles. The number of hydrogen-bond donors (Lipinski definition) is 1. The Hall–Kier alpha value is -2.39. The molecular weight excluding hydrogens is 519 g/mol. The second kappa shape index (κ2) is 12.4. The first kappa shape index (κ1) is 27.6. The second-order valence-corrected chi connectivity index (χ2v) is 10.2. The van der Waals surface area contributed by atoms with Gasteiger partial charge in [0.15, 0.2) is 11.5 Å². The van der Waals surface area contributed by atoms with Crippen LogP contribution in [0.5, 0.6) is 23.0 Å². The largest absolute Gasteiger partial charge is 0.493 e. The van der Waals surface area contributed by atoms with Crippen molar-refractivity contribution in [2.45, 2.75) is 43.9 Å². The van der Waals surface area contributed by atoms with Crippen LogP contribution >= 0.6 is 23.2 Å². The molecule has 0 spiro atoms. The molecular formula is C27H34Cl2N2O6. The van der Waals surface area contributed by atoms with Gasteiger partial charge in [-0.2, -0.15) is 0 Å². The number of carboxylic acid groups (broad SMARTS) is 1. The maximum absolute atomic E-state index is 12.4. The van der Waals surface area contributed by atoms with Crippen molar-refractivity contribution in [2.75, 3.05) is 47.5 Å². The van der Waals surface area contributed by atoms with Gasteiger partial charge in [-0.3, -0.25) is 9.69 Å². The zero-order chi connectivity index (χ0) is 26.5. The number of carboxylic acids is 1. The van der Waals surface area contributed by atoms with E-state index in [0.717, 1.165) is 44.5 Å². The first-order valence-electron chi connectivity index (χ1n) is 12.5. The van der Waals surface area contributed by atoms with Gasteiger partial charge in [0.25, 0.3) is 0 Å². The Labute approximate surface area is 227 Å². The molecule has 2 aliphatic rings. The molecule has 0 saturated carbocycles. The second-order valence-electron chi connectivity index (χ2n) is 9.40. The minimum Gasteiger partial charge on any atom is -0.493 e. The van der Waals surface area contributed by atoms with Gasteiger partial charge >= 0.3 is 5.97 Å². The van der Waals surface area contributed by atoms with Crippen molar-refractivity contribution in [3.05, 3.63) is 45.9 Å². The Kier molecular flexibility index (Phi) is 9.29. The fourth-order valence-corrected chi connectivity index (χ4v) is 5.67. The van der Waals surface area contributed by atoms with Crippen LogP contribution in [0.2, 0.25) is 10.0 Å². The molecule has 4 rings (SSSR count). The summed E-state index contributed by atoms with van der Waals surface area (Å²) < 4.78 is 22.4. The first-order valence-corrected chi connectivity index (χ1v) is 13.2. The average molecular weight is 553 g/mol. The number of nitrogens with zero attached hydrogens (tertiary/aromatic N) is 2. The molecule has 0 aromatic heterocycles. The number of benzene rings is 2. The summed E-state index contributed by atoms with van der Waals surface area (Å²) in [5, 5.41) is 11.1. The van der Waals surface area contributed by atoms with Crippen molar-refractivity contribution in [3.8, 4) is 23.0 Å². The third-order valence-electron chi connectivity index (χ3n) is 7.29. The van der Waals surface area contributed by atoms with Crippen molar-refractivity contribution >= 4 is 29.2 Å². The van der Waals surface area contributed by atoms with Crippen LogP contribution in [0.1, 0.15) is 37.3 Å². The predicted molar refractivity (Wildman–Crippen MR) is 143 cm³/mol. The molecule has 2 saturated heterocycles. The molecule has 0 bridgehead atoms. The summed E-state index contributed by atoms with van der Waals surface area (Å²) in [5.41, 5.74) is 0.612. The van der Waals surface area contributed by atoms with Crippen LogP contribution in [-0.2, 0) is 4.79 Å². The topological polar surface area (TPSA) is 80.7 Å². The number of ether oxygens (including phenoxy) is 4. The minimum atomic E-state index is -0.895. The van der Waals surface area contributed by atoms with E-state index in [-0.39, 0.29) is 6.10 Å². The molecule has 2 heterocycles. The monoisotopic (exact) mass is 552 g/mol. The van der Waals surface area contributed by atoms with Crippen LogP contribution in [0.4, 0.5) is 0 Å². The lowest BCUT2D eigenvalue weighted by molar-refractivity contribution is -0.144. The Morgan fingerprint density at radius 1 is 0.892 bits per heavy atom. The van der Waals surface area contributed by atoms with E-state index in [9.17, 15) is 9.90 Å². The van der Waals surface area contributed by atoms with Gasteiger partial charge in [-0.05, 0) is 55.5 Å². The first-order chi connectivity index (χ1) is 17.8. The van der Waals surface area contributed by atoms with E-state index in [2.05, 4.69) is 4.90 Å². The van der Waals surface area contributed by atoms with E-state index < -0.39 is 12.0 Å². The highest BCUT2D eigenvalue weighted by Gasteiger charge is 2.35. The summed E-state index contributed by atoms with van der Waals surface area (Å²) >= 11 is 12.1. The van der Waals surface area contributed by atoms with Crippen molar-refractivity contribution < 1.29 is 28.8 Å². The SMILES string of the molecule is COc1cc(C(C(=O)O)N2CCC(N3CCC(Oc4ccc(Cl)c(Cl)c4)CC3)CC2)cc(OC)c1OC. The molecule has 10 heteroatoms. The highest BCUT2D eigenvalue weighted by Crippen LogP contribution is 2.41. The van der Waals surface area contributed by atoms with Crippen LogP contribution in [0.15, 0.2) is 30.3 Å². The van der Waals surface area contributed by atoms with Gasteiger partial charge in [0, 0.05) is 38.3 Å². The van der Waals surface area contributed by atoms with Gasteiger partial charge in [0.1, 0.15) is 17.9 Å². The van der Waals surface area contributed by atoms with Crippen LogP contribution in [-0.4, -0.2) is 80.5 Å². The molecule has 2 aliphatic heterocycles. The molecule has 202 valence electrons. The molecule has 37 heavy (non-hydrogen) atoms. The fraction of sp³-hybridized carbons (Fsp3) is 0.519. The summed E-state index contributed by atoms with van der Waals surface area (Å²) in [4.78, 5) is 16.9. The number of hydrogen-bond acceptors (Lipinski definition) is 7. The van der Waals surface area contributed by atoms with E-state index >= 15 is 0 Å². The summed E-state index contributed by atoms with van der Waals surface area (Å²) in [6.07, 6.45) is 3.83. The molecule has 1 unspecified atom stereocenters. The van der Waals surface area contributed by atoms with Crippen molar-refractivity contribution in [1.82, 2.24) is 9.80 Å². The maximum atomic E-state index is 12.4. The van der Waals surface area contributed by atoms with E-state index in [1.165, 1.54) is 21.3 Å². The van der Waals surface area contributed by atoms with E-state index in [4.69, 9.17) is 42.1 Å². The lowest BCUT2D eigenvalue weighted by Crippen LogP contribution is -2.50. The Morgan fingerprint density at radius 3 is 2.03 bits per heavy atom. The molecule has 0 aliphatic carbocycles. The number of likely N-dealkylation sites (tertiary alicyclic amines) is 2. The van der Waals surface area contributed by atoms with E-state index in [1.54, 1.807) is 24.3 Å². The van der Waals surface area contributed by atoms with Crippen molar-refractivity contribution in [3.63, 3.8) is 0 Å². The van der Waals surface area contributed by atoms with E-state index in [0.29, 0.717) is 52.0 Å². The maximum Gasteiger partial charge on any atom is 0.325 e. The van der Waals surface area contributed by atoms with Crippen molar-refractivity contribution in [2.24, 2.45) is 0 Å². The highest BCUT2D eigenvalue weighted by atomic mass is 35.5. The Morgan fingerprint density at radius 2 is 1.51 bits per heavy atom. The van der Waals surface area contributed by atoms with Crippen LogP contribution < -0.4 is 18.9 Å². The standard InChI is InChI=1S/C27H34Cl2N2O6/c1-34-23-14-17(15-24(35-2)26(23)36-3)25(27(32)33)31-10-6-18(7-11-31)30-12-8-19(9-13-30)37-20-4-5-21(28)22(29)16-20/h4-5,14-16,18-19,25H,6-13H2,1-3H3,(H,32,33). The van der Waals surface area contributed by atoms with Gasteiger partial charge in [0.2, 0.25) is 5.75 Å². The van der Waals surface area contributed by atoms with Crippen LogP contribution in [0.25, 0.3) is 0 Å². The lowest BCUT2D eigenvalue weighted by atomic mass is 9.96. The molecule has 2 fully saturated rings. The Bertz CT molecular complexity index is 1060. The predicted octanol–water partition coefficient (Wildman–Crippen LogP) is 5.15. The van der Waals surface area contributed by atoms with Gasteiger partial charge < -0.3 is 29.0 Å². The molecule has 1 N–H and O–H groups in total. The number of methoxy groups -OCH3 is 3. The third-order valence-corrected chi connectivity index (χ3v) is 8.03. The molecule has 2 aromatic rings. The average Bonchev–Trinajstić information content (AvgIpc) is 2.91. The smallest absolute Gasteiger partial charge is 0.325 e. The number of aliphatic carboxylic acids is 1. The Balaban J connectivity index is 1.35. The number of halogens is 2. The minimum absolute atomic E-state index is 0.144. The molecule has 1 atom stereocenters. The van der Waals surface area contributed by atoms with Crippen molar-refractivity contribution in [1.29, 1.82) is 0 Å². The van der Waals surface area contributed by atoms with Gasteiger partial charge in [0.05, 0.1) is 31.4 Å². The summed E-state index contributed by atoms with van der Waals surface area (Å²) in [6.45, 7) is 3.29. The summed E-state index contributed by atoms with van der Waals surface area (Å²) in [5.74, 6) is 1.19. The quantitative estimate of drug-likeness (QED) is 0.457. The summed E-state index contributed by atoms with van der Waals surface area (Å²) in [7, 11) is 4.59. The van der Waals surface area contributed by atoms with Gasteiger partial charge in [-0.25, -0.2) is 0 Å². The third kappa shape index (κ3) is 6.37. The number of rotatable bonds is 9. The van der Waals surface area contributed by atoms with Crippen LogP contribution in [0.3, 0.4) is 0 Å². The zero-order valence-electron chi connectivity index (χ0n) is 21.4. The van der Waals surface area contributed by atoms with E-state index in [1.807, 2.05) is 11.0 Å². The lowest BCUT2D eigenvalue weighted by Gasteiger charge is -2.43. The number of carbonyl (C=O) groups is 1. The highest BCUT2D eigenvalue weighted by molar-refractivity contribution is 6.42. The summed E-state index contributed by atoms with van der Waals surface area (Å²) in [6, 6.07) is 8.46. The van der Waals surface area contributed by atoms with Gasteiger partial charge in [-0.15, -0.1) is 0 Å².